The Labute approximate surface area is 196 Å². The molecule has 0 atom stereocenters. The molecule has 170 valence electrons. The van der Waals surface area contributed by atoms with Crippen LogP contribution in [0.1, 0.15) is 12.0 Å². The Morgan fingerprint density at radius 3 is 2.45 bits per heavy atom. The molecule has 0 aliphatic carbocycles. The quantitative estimate of drug-likeness (QED) is 0.177. The van der Waals surface area contributed by atoms with E-state index in [4.69, 9.17) is 18.9 Å². The Bertz CT molecular complexity index is 1170. The fourth-order valence-electron chi connectivity index (χ4n) is 3.07. The van der Waals surface area contributed by atoms with Crippen LogP contribution < -0.4 is 24.4 Å². The van der Waals surface area contributed by atoms with Gasteiger partial charge in [-0.15, -0.1) is 0 Å². The van der Waals surface area contributed by atoms with Crippen LogP contribution in [0.15, 0.2) is 71.8 Å². The lowest BCUT2D eigenvalue weighted by atomic mass is 10.2. The molecule has 1 N–H and O–H groups in total. The lowest BCUT2D eigenvalue weighted by Gasteiger charge is -2.12. The first-order valence-corrected chi connectivity index (χ1v) is 11.3. The van der Waals surface area contributed by atoms with Crippen LogP contribution in [0.5, 0.6) is 23.0 Å². The molecule has 1 aromatic heterocycles. The number of rotatable bonds is 11. The molecule has 3 aromatic carbocycles. The number of aromatic nitrogens is 1. The molecular formula is C25H25N3O4S. The van der Waals surface area contributed by atoms with Gasteiger partial charge in [0.05, 0.1) is 43.9 Å². The summed E-state index contributed by atoms with van der Waals surface area (Å²) in [6.07, 6.45) is 2.46. The maximum absolute atomic E-state index is 5.87. The van der Waals surface area contributed by atoms with Gasteiger partial charge in [-0.05, 0) is 60.2 Å². The Morgan fingerprint density at radius 2 is 1.67 bits per heavy atom. The van der Waals surface area contributed by atoms with Crippen molar-refractivity contribution in [1.82, 2.24) is 4.98 Å². The van der Waals surface area contributed by atoms with E-state index in [-0.39, 0.29) is 0 Å². The van der Waals surface area contributed by atoms with Crippen molar-refractivity contribution in [2.45, 2.75) is 6.42 Å². The van der Waals surface area contributed by atoms with Gasteiger partial charge in [-0.3, -0.25) is 5.43 Å². The summed E-state index contributed by atoms with van der Waals surface area (Å²) in [7, 11) is 3.26. The van der Waals surface area contributed by atoms with Crippen molar-refractivity contribution in [1.29, 1.82) is 0 Å². The van der Waals surface area contributed by atoms with E-state index in [0.717, 1.165) is 38.8 Å². The maximum atomic E-state index is 5.87. The second-order valence-electron chi connectivity index (χ2n) is 6.99. The van der Waals surface area contributed by atoms with E-state index < -0.39 is 0 Å². The van der Waals surface area contributed by atoms with Crippen LogP contribution in [0.25, 0.3) is 10.2 Å². The van der Waals surface area contributed by atoms with Gasteiger partial charge in [-0.1, -0.05) is 23.5 Å². The average molecular weight is 464 g/mol. The van der Waals surface area contributed by atoms with Gasteiger partial charge in [0.25, 0.3) is 0 Å². The monoisotopic (exact) mass is 463 g/mol. The number of benzene rings is 3. The van der Waals surface area contributed by atoms with Crippen molar-refractivity contribution >= 4 is 32.9 Å². The third kappa shape index (κ3) is 6.14. The summed E-state index contributed by atoms with van der Waals surface area (Å²) < 4.78 is 23.3. The van der Waals surface area contributed by atoms with Crippen LogP contribution in [-0.2, 0) is 0 Å². The minimum absolute atomic E-state index is 0.513. The second kappa shape index (κ2) is 11.2. The SMILES string of the molecule is COc1ccc(OCCCOc2ccc(/C=N/Nc3nc4ccccc4s3)cc2OC)cc1. The Morgan fingerprint density at radius 1 is 0.879 bits per heavy atom. The summed E-state index contributed by atoms with van der Waals surface area (Å²) >= 11 is 1.56. The average Bonchev–Trinajstić information content (AvgIpc) is 3.27. The molecule has 0 amide bonds. The third-order valence-corrected chi connectivity index (χ3v) is 5.67. The number of para-hydroxylation sites is 1. The topological polar surface area (TPSA) is 74.2 Å². The highest BCUT2D eigenvalue weighted by Crippen LogP contribution is 2.28. The highest BCUT2D eigenvalue weighted by atomic mass is 32.1. The zero-order chi connectivity index (χ0) is 22.9. The first-order chi connectivity index (χ1) is 16.2. The van der Waals surface area contributed by atoms with Crippen LogP contribution in [0.2, 0.25) is 0 Å². The minimum atomic E-state index is 0.513. The van der Waals surface area contributed by atoms with Crippen LogP contribution in [-0.4, -0.2) is 38.6 Å². The number of hydrogen-bond donors (Lipinski definition) is 1. The molecule has 0 aliphatic rings. The number of thiazole rings is 1. The predicted molar refractivity (Wildman–Crippen MR) is 132 cm³/mol. The van der Waals surface area contributed by atoms with Gasteiger partial charge in [-0.2, -0.15) is 5.10 Å². The van der Waals surface area contributed by atoms with Crippen LogP contribution in [0, 0.1) is 0 Å². The molecular weight excluding hydrogens is 438 g/mol. The molecule has 0 aliphatic heterocycles. The number of nitrogens with one attached hydrogen (secondary N) is 1. The van der Waals surface area contributed by atoms with Gasteiger partial charge < -0.3 is 18.9 Å². The van der Waals surface area contributed by atoms with E-state index in [1.54, 1.807) is 31.8 Å². The predicted octanol–water partition coefficient (Wildman–Crippen LogP) is 5.61. The van der Waals surface area contributed by atoms with Crippen molar-refractivity contribution < 1.29 is 18.9 Å². The molecule has 0 fully saturated rings. The molecule has 4 aromatic rings. The van der Waals surface area contributed by atoms with Gasteiger partial charge in [0.2, 0.25) is 5.13 Å². The van der Waals surface area contributed by atoms with Crippen molar-refractivity contribution in [3.05, 3.63) is 72.3 Å². The number of methoxy groups -OCH3 is 2. The second-order valence-corrected chi connectivity index (χ2v) is 8.02. The third-order valence-electron chi connectivity index (χ3n) is 4.73. The molecule has 0 radical (unpaired) electrons. The summed E-state index contributed by atoms with van der Waals surface area (Å²) in [6, 6.07) is 21.2. The molecule has 0 saturated carbocycles. The van der Waals surface area contributed by atoms with Crippen LogP contribution >= 0.6 is 11.3 Å². The Hall–Kier alpha value is -3.78. The van der Waals surface area contributed by atoms with Crippen molar-refractivity contribution in [2.24, 2.45) is 5.10 Å². The van der Waals surface area contributed by atoms with E-state index in [0.29, 0.717) is 24.7 Å². The molecule has 0 unspecified atom stereocenters. The number of ether oxygens (including phenoxy) is 4. The molecule has 33 heavy (non-hydrogen) atoms. The van der Waals surface area contributed by atoms with Gasteiger partial charge in [0.15, 0.2) is 11.5 Å². The smallest absolute Gasteiger partial charge is 0.204 e. The summed E-state index contributed by atoms with van der Waals surface area (Å²) in [5.74, 6) is 2.93. The van der Waals surface area contributed by atoms with Crippen molar-refractivity contribution in [3.63, 3.8) is 0 Å². The summed E-state index contributed by atoms with van der Waals surface area (Å²) in [6.45, 7) is 1.07. The van der Waals surface area contributed by atoms with Crippen LogP contribution in [0.3, 0.4) is 0 Å². The Kier molecular flexibility index (Phi) is 7.60. The van der Waals surface area contributed by atoms with E-state index in [1.807, 2.05) is 66.7 Å². The first kappa shape index (κ1) is 22.4. The van der Waals surface area contributed by atoms with Crippen molar-refractivity contribution in [2.75, 3.05) is 32.9 Å². The molecule has 0 spiro atoms. The number of nitrogens with zero attached hydrogens (tertiary/aromatic N) is 2. The van der Waals surface area contributed by atoms with E-state index in [9.17, 15) is 0 Å². The maximum Gasteiger partial charge on any atom is 0.204 e. The fraction of sp³-hybridized carbons (Fsp3) is 0.200. The Balaban J connectivity index is 1.25. The molecule has 1 heterocycles. The zero-order valence-corrected chi connectivity index (χ0v) is 19.3. The fourth-order valence-corrected chi connectivity index (χ4v) is 3.88. The van der Waals surface area contributed by atoms with Gasteiger partial charge in [-0.25, -0.2) is 4.98 Å². The van der Waals surface area contributed by atoms with E-state index in [2.05, 4.69) is 15.5 Å². The zero-order valence-electron chi connectivity index (χ0n) is 18.5. The van der Waals surface area contributed by atoms with Crippen molar-refractivity contribution in [3.8, 4) is 23.0 Å². The van der Waals surface area contributed by atoms with E-state index in [1.165, 1.54) is 0 Å². The minimum Gasteiger partial charge on any atom is -0.497 e. The highest BCUT2D eigenvalue weighted by Gasteiger charge is 2.06. The molecule has 0 saturated heterocycles. The molecule has 8 heteroatoms. The lowest BCUT2D eigenvalue weighted by molar-refractivity contribution is 0.240. The standard InChI is InChI=1S/C25H25N3O4S/c1-29-19-9-11-20(12-10-19)31-14-5-15-32-22-13-8-18(16-23(22)30-2)17-26-28-25-27-21-6-3-4-7-24(21)33-25/h3-4,6-13,16-17H,5,14-15H2,1-2H3,(H,27,28)/b26-17+. The normalized spacial score (nSPS) is 11.0. The number of hydrogen-bond acceptors (Lipinski definition) is 8. The lowest BCUT2D eigenvalue weighted by Crippen LogP contribution is -2.06. The highest BCUT2D eigenvalue weighted by molar-refractivity contribution is 7.22. The van der Waals surface area contributed by atoms with Crippen LogP contribution in [0.4, 0.5) is 5.13 Å². The molecule has 4 rings (SSSR count). The van der Waals surface area contributed by atoms with E-state index >= 15 is 0 Å². The van der Waals surface area contributed by atoms with Gasteiger partial charge >= 0.3 is 0 Å². The van der Waals surface area contributed by atoms with Gasteiger partial charge in [0, 0.05) is 6.42 Å². The number of anilines is 1. The first-order valence-electron chi connectivity index (χ1n) is 10.5. The largest absolute Gasteiger partial charge is 0.497 e. The molecule has 7 nitrogen and oxygen atoms in total. The number of hydrazone groups is 1. The van der Waals surface area contributed by atoms with Gasteiger partial charge in [0.1, 0.15) is 11.5 Å². The summed E-state index contributed by atoms with van der Waals surface area (Å²) in [4.78, 5) is 4.50. The molecule has 0 bridgehead atoms. The summed E-state index contributed by atoms with van der Waals surface area (Å²) in [5.41, 5.74) is 4.83. The summed E-state index contributed by atoms with van der Waals surface area (Å²) in [5, 5.41) is 5.04. The number of fused-ring (bicyclic) bond motifs is 1.